The van der Waals surface area contributed by atoms with Crippen LogP contribution in [0.4, 0.5) is 8.78 Å². The van der Waals surface area contributed by atoms with Gasteiger partial charge in [-0.25, -0.2) is 8.78 Å². The highest BCUT2D eigenvalue weighted by Crippen LogP contribution is 2.38. The number of hydrogen-bond donors (Lipinski definition) is 0. The van der Waals surface area contributed by atoms with Crippen molar-refractivity contribution < 1.29 is 18.3 Å². The van der Waals surface area contributed by atoms with E-state index in [-0.39, 0.29) is 18.0 Å². The van der Waals surface area contributed by atoms with Crippen LogP contribution in [0.5, 0.6) is 5.75 Å². The van der Waals surface area contributed by atoms with E-state index < -0.39 is 17.0 Å². The molecule has 2 aromatic carbocycles. The van der Waals surface area contributed by atoms with E-state index in [0.29, 0.717) is 46.2 Å². The molecule has 0 saturated heterocycles. The first-order chi connectivity index (χ1) is 17.2. The molecule has 2 aromatic heterocycles. The van der Waals surface area contributed by atoms with Crippen LogP contribution in [0.2, 0.25) is 0 Å². The molecule has 2 aliphatic rings. The minimum absolute atomic E-state index is 0.153. The number of carbonyl (C=O) groups excluding carboxylic acids is 1. The fraction of sp³-hybridized carbons (Fsp3) is 0.269. The summed E-state index contributed by atoms with van der Waals surface area (Å²) in [5.74, 6) is -0.436. The Morgan fingerprint density at radius 3 is 2.58 bits per heavy atom. The van der Waals surface area contributed by atoms with Gasteiger partial charge >= 0.3 is 0 Å². The molecule has 3 heterocycles. The second-order valence-corrected chi connectivity index (χ2v) is 10.2. The summed E-state index contributed by atoms with van der Waals surface area (Å²) in [6, 6.07) is 9.66. The average molecular weight is 484 g/mol. The van der Waals surface area contributed by atoms with Gasteiger partial charge in [-0.1, -0.05) is 0 Å². The van der Waals surface area contributed by atoms with Crippen molar-refractivity contribution in [2.75, 3.05) is 6.61 Å². The van der Waals surface area contributed by atoms with Gasteiger partial charge in [-0.2, -0.15) is 5.10 Å². The average Bonchev–Trinajstić information content (AvgIpc) is 3.55. The first-order valence-electron chi connectivity index (χ1n) is 12.1. The van der Waals surface area contributed by atoms with E-state index in [4.69, 9.17) is 4.74 Å². The zero-order chi connectivity index (χ0) is 25.2. The number of halogens is 2. The fourth-order valence-corrected chi connectivity index (χ4v) is 4.99. The Balaban J connectivity index is 1.35. The molecule has 36 heavy (non-hydrogen) atoms. The molecule has 0 N–H and O–H groups in total. The van der Waals surface area contributed by atoms with Crippen molar-refractivity contribution in [2.45, 2.75) is 24.7 Å². The van der Waals surface area contributed by atoms with Gasteiger partial charge in [-0.3, -0.25) is 14.5 Å². The molecule has 6 rings (SSSR count). The lowest BCUT2D eigenvalue weighted by molar-refractivity contribution is 0.0727. The molecular weight excluding hydrogens is 460 g/mol. The Morgan fingerprint density at radius 1 is 1.14 bits per heavy atom. The molecular formula is C26H24B2F2N4O2. The quantitative estimate of drug-likeness (QED) is 0.396. The minimum Gasteiger partial charge on any atom is -0.491 e. The van der Waals surface area contributed by atoms with Crippen molar-refractivity contribution in [3.8, 4) is 16.9 Å². The van der Waals surface area contributed by atoms with Crippen molar-refractivity contribution in [3.05, 3.63) is 77.2 Å². The van der Waals surface area contributed by atoms with Gasteiger partial charge in [0.1, 0.15) is 38.6 Å². The Hall–Kier alpha value is -3.68. The number of ether oxygens (including phenoxy) is 1. The Bertz CT molecular complexity index is 1510. The summed E-state index contributed by atoms with van der Waals surface area (Å²) >= 11 is 0. The minimum atomic E-state index is -0.788. The molecule has 180 valence electrons. The summed E-state index contributed by atoms with van der Waals surface area (Å²) in [4.78, 5) is 18.8. The molecule has 10 heteroatoms. The number of aryl methyl sites for hydroxylation is 1. The number of carbonyl (C=O) groups is 1. The molecule has 4 aromatic rings. The summed E-state index contributed by atoms with van der Waals surface area (Å²) < 4.78 is 38.5. The van der Waals surface area contributed by atoms with Gasteiger partial charge in [0.15, 0.2) is 0 Å². The highest BCUT2D eigenvalue weighted by atomic mass is 19.1. The van der Waals surface area contributed by atoms with Gasteiger partial charge in [-0.05, 0) is 66.3 Å². The monoisotopic (exact) mass is 484 g/mol. The summed E-state index contributed by atoms with van der Waals surface area (Å²) in [5.41, 5.74) is 2.64. The number of amides is 1. The van der Waals surface area contributed by atoms with Crippen molar-refractivity contribution in [3.63, 3.8) is 0 Å². The van der Waals surface area contributed by atoms with E-state index in [2.05, 4.69) is 10.1 Å². The van der Waals surface area contributed by atoms with E-state index in [1.54, 1.807) is 30.1 Å². The van der Waals surface area contributed by atoms with Crippen molar-refractivity contribution in [2.24, 2.45) is 13.0 Å². The number of nitrogens with zero attached hydrogens (tertiary/aromatic N) is 4. The van der Waals surface area contributed by atoms with Crippen LogP contribution < -0.4 is 4.74 Å². The summed E-state index contributed by atoms with van der Waals surface area (Å²) in [6.45, 7) is 0.449. The van der Waals surface area contributed by atoms with Crippen LogP contribution >= 0.6 is 0 Å². The third-order valence-electron chi connectivity index (χ3n) is 7.23. The smallest absolute Gasteiger partial charge is 0.255 e. The number of rotatable bonds is 6. The molecule has 0 atom stereocenters. The third kappa shape index (κ3) is 3.67. The highest BCUT2D eigenvalue weighted by molar-refractivity contribution is 6.42. The van der Waals surface area contributed by atoms with Crippen molar-refractivity contribution >= 4 is 32.5 Å². The molecule has 1 saturated carbocycles. The lowest BCUT2D eigenvalue weighted by atomic mass is 9.59. The lowest BCUT2D eigenvalue weighted by Gasteiger charge is -2.32. The predicted molar refractivity (Wildman–Crippen MR) is 137 cm³/mol. The maximum Gasteiger partial charge on any atom is 0.255 e. The standard InChI is InChI=1S/C26H24B2F2N4O2/c1-33-11-18-16(6-7-22(23(18)32-33)36-13-14-4-5-14)15-9-20(29)19(21(30)10-15)12-34-25(35)17-3-2-8-31-24(17)26(34,27)28/h2-3,6-11,14H,4-5,12-13,27-28H2,1H3. The van der Waals surface area contributed by atoms with Crippen LogP contribution in [-0.4, -0.2) is 47.9 Å². The van der Waals surface area contributed by atoms with Crippen LogP contribution in [-0.2, 0) is 18.9 Å². The topological polar surface area (TPSA) is 60.3 Å². The fourth-order valence-electron chi connectivity index (χ4n) is 4.99. The number of pyridine rings is 1. The van der Waals surface area contributed by atoms with Gasteiger partial charge in [0, 0.05) is 35.7 Å². The molecule has 1 aliphatic heterocycles. The van der Waals surface area contributed by atoms with Crippen LogP contribution in [0.1, 0.15) is 34.5 Å². The van der Waals surface area contributed by atoms with Crippen molar-refractivity contribution in [1.82, 2.24) is 19.7 Å². The Morgan fingerprint density at radius 2 is 1.89 bits per heavy atom. The van der Waals surface area contributed by atoms with Crippen LogP contribution in [0.15, 0.2) is 48.8 Å². The summed E-state index contributed by atoms with van der Waals surface area (Å²) in [7, 11) is 5.47. The maximum atomic E-state index is 15.4. The van der Waals surface area contributed by atoms with Crippen molar-refractivity contribution in [1.29, 1.82) is 0 Å². The number of aromatic nitrogens is 3. The van der Waals surface area contributed by atoms with E-state index >= 15 is 8.78 Å². The number of hydrogen-bond acceptors (Lipinski definition) is 4. The zero-order valence-corrected chi connectivity index (χ0v) is 20.4. The van der Waals surface area contributed by atoms with E-state index in [0.717, 1.165) is 5.39 Å². The first-order valence-corrected chi connectivity index (χ1v) is 12.1. The van der Waals surface area contributed by atoms with E-state index in [1.165, 1.54) is 29.9 Å². The van der Waals surface area contributed by atoms with Gasteiger partial charge < -0.3 is 9.64 Å². The third-order valence-corrected chi connectivity index (χ3v) is 7.23. The molecule has 1 amide bonds. The van der Waals surface area contributed by atoms with Gasteiger partial charge in [0.05, 0.1) is 24.4 Å². The second-order valence-electron chi connectivity index (χ2n) is 10.2. The lowest BCUT2D eigenvalue weighted by Crippen LogP contribution is -2.45. The van der Waals surface area contributed by atoms with E-state index in [1.807, 2.05) is 34.0 Å². The number of fused-ring (bicyclic) bond motifs is 2. The Kier molecular flexibility index (Phi) is 5.17. The second kappa shape index (κ2) is 8.18. The Labute approximate surface area is 209 Å². The highest BCUT2D eigenvalue weighted by Gasteiger charge is 2.44. The largest absolute Gasteiger partial charge is 0.491 e. The molecule has 0 bridgehead atoms. The summed E-state index contributed by atoms with van der Waals surface area (Å²) in [5, 5.41) is 4.50. The molecule has 1 aliphatic carbocycles. The molecule has 1 fully saturated rings. The predicted octanol–water partition coefficient (Wildman–Crippen LogP) is 2.73. The number of benzene rings is 2. The molecule has 0 spiro atoms. The maximum absolute atomic E-state index is 15.4. The normalized spacial score (nSPS) is 16.5. The van der Waals surface area contributed by atoms with E-state index in [9.17, 15) is 4.79 Å². The van der Waals surface area contributed by atoms with Crippen LogP contribution in [0.25, 0.3) is 22.0 Å². The molecule has 0 radical (unpaired) electrons. The van der Waals surface area contributed by atoms with Gasteiger partial charge in [0.2, 0.25) is 0 Å². The van der Waals surface area contributed by atoms with Crippen LogP contribution in [0.3, 0.4) is 0 Å². The van der Waals surface area contributed by atoms with Gasteiger partial charge in [0.25, 0.3) is 5.91 Å². The van der Waals surface area contributed by atoms with Gasteiger partial charge in [-0.15, -0.1) is 0 Å². The SMILES string of the molecule is BC1(B)c2ncccc2C(=O)N1Cc1c(F)cc(-c2ccc(OCC3CC3)c3nn(C)cc23)cc1F. The first kappa shape index (κ1) is 22.8. The molecule has 0 unspecified atom stereocenters. The zero-order valence-electron chi connectivity index (χ0n) is 20.4. The summed E-state index contributed by atoms with van der Waals surface area (Å²) in [6.07, 6.45) is 5.80. The van der Waals surface area contributed by atoms with Crippen LogP contribution in [0, 0.1) is 17.6 Å². The molecule has 6 nitrogen and oxygen atoms in total.